The molecule has 1 aromatic heterocycles. The second-order valence-corrected chi connectivity index (χ2v) is 5.89. The molecule has 0 atom stereocenters. The van der Waals surface area contributed by atoms with Gasteiger partial charge in [-0.15, -0.1) is 16.8 Å². The van der Waals surface area contributed by atoms with Gasteiger partial charge >= 0.3 is 0 Å². The van der Waals surface area contributed by atoms with Crippen molar-refractivity contribution in [2.75, 3.05) is 6.54 Å². The average molecular weight is 353 g/mol. The van der Waals surface area contributed by atoms with Crippen molar-refractivity contribution in [3.8, 4) is 5.69 Å². The fourth-order valence-corrected chi connectivity index (χ4v) is 2.72. The molecular formula is C19H17ClN4O. The van der Waals surface area contributed by atoms with Crippen molar-refractivity contribution in [1.82, 2.24) is 19.7 Å². The lowest BCUT2D eigenvalue weighted by Gasteiger charge is -2.22. The number of nitrogens with zero attached hydrogens (tertiary/aromatic N) is 4. The Labute approximate surface area is 151 Å². The smallest absolute Gasteiger partial charge is 0.254 e. The molecule has 0 bridgehead atoms. The Hall–Kier alpha value is -2.92. The third-order valence-corrected chi connectivity index (χ3v) is 4.13. The molecule has 0 saturated heterocycles. The van der Waals surface area contributed by atoms with Gasteiger partial charge in [0, 0.05) is 29.4 Å². The first-order valence-electron chi connectivity index (χ1n) is 7.77. The van der Waals surface area contributed by atoms with E-state index in [2.05, 4.69) is 16.8 Å². The maximum atomic E-state index is 13.0. The maximum absolute atomic E-state index is 13.0. The molecule has 5 nitrogen and oxygen atoms in total. The molecule has 25 heavy (non-hydrogen) atoms. The minimum Gasteiger partial charge on any atom is -0.331 e. The Kier molecular flexibility index (Phi) is 5.26. The molecule has 0 fully saturated rings. The second-order valence-electron chi connectivity index (χ2n) is 5.49. The van der Waals surface area contributed by atoms with Gasteiger partial charge in [-0.05, 0) is 29.8 Å². The van der Waals surface area contributed by atoms with E-state index in [1.165, 1.54) is 0 Å². The van der Waals surface area contributed by atoms with Crippen LogP contribution in [0.25, 0.3) is 5.69 Å². The number of hydrogen-bond acceptors (Lipinski definition) is 3. The SMILES string of the molecule is C=CCN(Cc1ccccc1Cl)C(=O)c1cccc(-n2cnnc2)c1. The first-order chi connectivity index (χ1) is 12.2. The highest BCUT2D eigenvalue weighted by Gasteiger charge is 2.16. The minimum atomic E-state index is -0.0882. The monoisotopic (exact) mass is 352 g/mol. The Balaban J connectivity index is 1.87. The fourth-order valence-electron chi connectivity index (χ4n) is 2.52. The summed E-state index contributed by atoms with van der Waals surface area (Å²) in [5, 5.41) is 8.23. The highest BCUT2D eigenvalue weighted by atomic mass is 35.5. The van der Waals surface area contributed by atoms with Crippen LogP contribution in [0.1, 0.15) is 15.9 Å². The van der Waals surface area contributed by atoms with E-state index in [0.717, 1.165) is 11.3 Å². The summed E-state index contributed by atoms with van der Waals surface area (Å²) in [6, 6.07) is 14.8. The Morgan fingerprint density at radius 3 is 2.64 bits per heavy atom. The van der Waals surface area contributed by atoms with Crippen molar-refractivity contribution >= 4 is 17.5 Å². The van der Waals surface area contributed by atoms with Crippen LogP contribution in [-0.2, 0) is 6.54 Å². The molecule has 0 aliphatic rings. The van der Waals surface area contributed by atoms with Crippen LogP contribution >= 0.6 is 11.6 Å². The van der Waals surface area contributed by atoms with Crippen molar-refractivity contribution in [3.05, 3.63) is 90.0 Å². The Morgan fingerprint density at radius 2 is 1.92 bits per heavy atom. The maximum Gasteiger partial charge on any atom is 0.254 e. The second kappa shape index (κ2) is 7.77. The number of rotatable bonds is 6. The van der Waals surface area contributed by atoms with Crippen LogP contribution in [0, 0.1) is 0 Å². The van der Waals surface area contributed by atoms with Gasteiger partial charge in [-0.25, -0.2) is 0 Å². The summed E-state index contributed by atoms with van der Waals surface area (Å²) in [5.41, 5.74) is 2.31. The van der Waals surface area contributed by atoms with Crippen LogP contribution < -0.4 is 0 Å². The number of halogens is 1. The van der Waals surface area contributed by atoms with Crippen molar-refractivity contribution in [2.24, 2.45) is 0 Å². The van der Waals surface area contributed by atoms with Crippen LogP contribution in [0.2, 0.25) is 5.02 Å². The quantitative estimate of drug-likeness (QED) is 0.635. The van der Waals surface area contributed by atoms with Gasteiger partial charge < -0.3 is 4.90 Å². The number of benzene rings is 2. The molecule has 0 aliphatic heterocycles. The first-order valence-corrected chi connectivity index (χ1v) is 8.15. The van der Waals surface area contributed by atoms with E-state index < -0.39 is 0 Å². The summed E-state index contributed by atoms with van der Waals surface area (Å²) in [6.07, 6.45) is 4.89. The van der Waals surface area contributed by atoms with Crippen LogP contribution in [0.5, 0.6) is 0 Å². The van der Waals surface area contributed by atoms with E-state index >= 15 is 0 Å². The molecule has 0 unspecified atom stereocenters. The number of carbonyl (C=O) groups is 1. The van der Waals surface area contributed by atoms with E-state index in [0.29, 0.717) is 23.7 Å². The van der Waals surface area contributed by atoms with Crippen LogP contribution in [0.15, 0.2) is 73.8 Å². The summed E-state index contributed by atoms with van der Waals surface area (Å²) in [7, 11) is 0. The van der Waals surface area contributed by atoms with Crippen LogP contribution in [-0.4, -0.2) is 32.1 Å². The van der Waals surface area contributed by atoms with Gasteiger partial charge in [0.25, 0.3) is 5.91 Å². The van der Waals surface area contributed by atoms with Crippen molar-refractivity contribution < 1.29 is 4.79 Å². The highest BCUT2D eigenvalue weighted by Crippen LogP contribution is 2.19. The van der Waals surface area contributed by atoms with E-state index in [1.54, 1.807) is 34.3 Å². The Bertz CT molecular complexity index is 877. The molecule has 3 aromatic rings. The topological polar surface area (TPSA) is 51.0 Å². The van der Waals surface area contributed by atoms with Crippen LogP contribution in [0.3, 0.4) is 0 Å². The molecule has 3 rings (SSSR count). The molecule has 0 N–H and O–H groups in total. The molecule has 0 saturated carbocycles. The number of aromatic nitrogens is 3. The molecular weight excluding hydrogens is 336 g/mol. The minimum absolute atomic E-state index is 0.0882. The van der Waals surface area contributed by atoms with Gasteiger partial charge in [-0.3, -0.25) is 9.36 Å². The lowest BCUT2D eigenvalue weighted by atomic mass is 10.1. The van der Waals surface area contributed by atoms with Gasteiger partial charge in [0.05, 0.1) is 0 Å². The summed E-state index contributed by atoms with van der Waals surface area (Å²) in [6.45, 7) is 4.60. The van der Waals surface area contributed by atoms with Gasteiger partial charge in [0.2, 0.25) is 0 Å². The zero-order valence-corrected chi connectivity index (χ0v) is 14.3. The van der Waals surface area contributed by atoms with Crippen molar-refractivity contribution in [1.29, 1.82) is 0 Å². The molecule has 0 spiro atoms. The third kappa shape index (κ3) is 3.95. The number of carbonyl (C=O) groups excluding carboxylic acids is 1. The van der Waals surface area contributed by atoms with E-state index in [9.17, 15) is 4.79 Å². The molecule has 126 valence electrons. The van der Waals surface area contributed by atoms with Gasteiger partial charge in [0.15, 0.2) is 0 Å². The zero-order chi connectivity index (χ0) is 17.6. The van der Waals surface area contributed by atoms with E-state index in [1.807, 2.05) is 42.5 Å². The number of hydrogen-bond donors (Lipinski definition) is 0. The summed E-state index contributed by atoms with van der Waals surface area (Å²) < 4.78 is 1.75. The molecule has 6 heteroatoms. The predicted octanol–water partition coefficient (Wildman–Crippen LogP) is 3.75. The third-order valence-electron chi connectivity index (χ3n) is 3.77. The Morgan fingerprint density at radius 1 is 1.16 bits per heavy atom. The van der Waals surface area contributed by atoms with E-state index in [-0.39, 0.29) is 5.91 Å². The molecule has 0 radical (unpaired) electrons. The fraction of sp³-hybridized carbons (Fsp3) is 0.105. The van der Waals surface area contributed by atoms with Crippen molar-refractivity contribution in [2.45, 2.75) is 6.54 Å². The average Bonchev–Trinajstić information content (AvgIpc) is 3.17. The van der Waals surface area contributed by atoms with E-state index in [4.69, 9.17) is 11.6 Å². The first kappa shape index (κ1) is 16.9. The van der Waals surface area contributed by atoms with Gasteiger partial charge in [-0.1, -0.05) is 41.9 Å². The summed E-state index contributed by atoms with van der Waals surface area (Å²) >= 11 is 6.23. The summed E-state index contributed by atoms with van der Waals surface area (Å²) in [5.74, 6) is -0.0882. The molecule has 0 aliphatic carbocycles. The standard InChI is InChI=1S/C19H17ClN4O/c1-2-10-23(12-16-6-3-4-9-18(16)20)19(25)15-7-5-8-17(11-15)24-13-21-22-14-24/h2-9,11,13-14H,1,10,12H2. The predicted molar refractivity (Wildman–Crippen MR) is 97.7 cm³/mol. The molecule has 1 heterocycles. The normalized spacial score (nSPS) is 10.4. The lowest BCUT2D eigenvalue weighted by Crippen LogP contribution is -2.30. The largest absolute Gasteiger partial charge is 0.331 e. The lowest BCUT2D eigenvalue weighted by molar-refractivity contribution is 0.0762. The van der Waals surface area contributed by atoms with Crippen molar-refractivity contribution in [3.63, 3.8) is 0 Å². The highest BCUT2D eigenvalue weighted by molar-refractivity contribution is 6.31. The number of amides is 1. The molecule has 1 amide bonds. The van der Waals surface area contributed by atoms with Crippen LogP contribution in [0.4, 0.5) is 0 Å². The zero-order valence-electron chi connectivity index (χ0n) is 13.5. The summed E-state index contributed by atoms with van der Waals surface area (Å²) in [4.78, 5) is 14.7. The molecule has 2 aromatic carbocycles. The van der Waals surface area contributed by atoms with Gasteiger partial charge in [-0.2, -0.15) is 0 Å². The van der Waals surface area contributed by atoms with Gasteiger partial charge in [0.1, 0.15) is 12.7 Å².